The van der Waals surface area contributed by atoms with Gasteiger partial charge >= 0.3 is 0 Å². The molecule has 1 aliphatic heterocycles. The summed E-state index contributed by atoms with van der Waals surface area (Å²) in [7, 11) is 0. The summed E-state index contributed by atoms with van der Waals surface area (Å²) >= 11 is 6.87. The number of halogens is 2. The van der Waals surface area contributed by atoms with Crippen LogP contribution in [0.3, 0.4) is 0 Å². The van der Waals surface area contributed by atoms with Crippen molar-refractivity contribution in [2.24, 2.45) is 0 Å². The van der Waals surface area contributed by atoms with Gasteiger partial charge in [0.2, 0.25) is 0 Å². The quantitative estimate of drug-likeness (QED) is 0.814. The maximum atomic E-state index is 5.69. The molecule has 1 saturated heterocycles. The van der Waals surface area contributed by atoms with Gasteiger partial charge < -0.3 is 9.73 Å². The van der Waals surface area contributed by atoms with Gasteiger partial charge in [0, 0.05) is 18.6 Å². The van der Waals surface area contributed by atoms with Gasteiger partial charge in [-0.05, 0) is 71.2 Å². The normalized spacial score (nSPS) is 20.4. The lowest BCUT2D eigenvalue weighted by atomic mass is 10.0. The predicted molar refractivity (Wildman–Crippen MR) is 85.3 cm³/mol. The van der Waals surface area contributed by atoms with Gasteiger partial charge in [-0.2, -0.15) is 0 Å². The molecule has 0 bridgehead atoms. The van der Waals surface area contributed by atoms with Gasteiger partial charge in [0.15, 0.2) is 4.67 Å². The van der Waals surface area contributed by atoms with E-state index in [0.29, 0.717) is 12.1 Å². The molecule has 0 aromatic carbocycles. The Hall–Kier alpha value is 0.160. The zero-order valence-electron chi connectivity index (χ0n) is 11.6. The van der Waals surface area contributed by atoms with Crippen molar-refractivity contribution in [1.82, 2.24) is 10.2 Å². The van der Waals surface area contributed by atoms with E-state index in [1.54, 1.807) is 0 Å². The highest BCUT2D eigenvalue weighted by molar-refractivity contribution is 9.13. The number of rotatable bonds is 5. The van der Waals surface area contributed by atoms with E-state index in [9.17, 15) is 0 Å². The lowest BCUT2D eigenvalue weighted by Crippen LogP contribution is -2.45. The molecule has 1 N–H and O–H groups in total. The molecule has 1 fully saturated rings. The molecular weight excluding hydrogens is 372 g/mol. The second kappa shape index (κ2) is 7.25. The molecule has 0 amide bonds. The van der Waals surface area contributed by atoms with Gasteiger partial charge in [-0.25, -0.2) is 0 Å². The van der Waals surface area contributed by atoms with E-state index in [2.05, 4.69) is 55.9 Å². The molecule has 2 rings (SSSR count). The number of piperidine rings is 1. The van der Waals surface area contributed by atoms with Crippen molar-refractivity contribution in [3.8, 4) is 0 Å². The summed E-state index contributed by atoms with van der Waals surface area (Å²) in [4.78, 5) is 2.47. The van der Waals surface area contributed by atoms with Crippen LogP contribution in [0.2, 0.25) is 0 Å². The first-order valence-corrected chi connectivity index (χ1v) is 8.56. The number of hydrogen-bond donors (Lipinski definition) is 1. The standard InChI is InChI=1S/C14H22Br2N2O/c1-10(2)18(8-11-5-3-4-6-17-11)9-12-7-13(15)14(16)19-12/h7,10-11,17H,3-6,8-9H2,1-2H3. The van der Waals surface area contributed by atoms with Crippen LogP contribution in [0, 0.1) is 0 Å². The fraction of sp³-hybridized carbons (Fsp3) is 0.714. The zero-order valence-corrected chi connectivity index (χ0v) is 14.8. The van der Waals surface area contributed by atoms with Gasteiger partial charge in [0.05, 0.1) is 11.0 Å². The third-order valence-corrected chi connectivity index (χ3v) is 5.36. The van der Waals surface area contributed by atoms with E-state index in [-0.39, 0.29) is 0 Å². The zero-order chi connectivity index (χ0) is 13.8. The van der Waals surface area contributed by atoms with E-state index < -0.39 is 0 Å². The lowest BCUT2D eigenvalue weighted by Gasteiger charge is -2.32. The van der Waals surface area contributed by atoms with Crippen LogP contribution in [-0.4, -0.2) is 30.1 Å². The molecule has 1 unspecified atom stereocenters. The summed E-state index contributed by atoms with van der Waals surface area (Å²) in [5, 5.41) is 3.62. The fourth-order valence-corrected chi connectivity index (χ4v) is 3.15. The van der Waals surface area contributed by atoms with Crippen LogP contribution in [0.25, 0.3) is 0 Å². The van der Waals surface area contributed by atoms with Crippen molar-refractivity contribution in [2.75, 3.05) is 13.1 Å². The summed E-state index contributed by atoms with van der Waals surface area (Å²) in [6, 6.07) is 3.19. The van der Waals surface area contributed by atoms with Crippen LogP contribution in [-0.2, 0) is 6.54 Å². The Morgan fingerprint density at radius 2 is 2.21 bits per heavy atom. The predicted octanol–water partition coefficient (Wildman–Crippen LogP) is 4.16. The fourth-order valence-electron chi connectivity index (χ4n) is 2.49. The molecule has 0 radical (unpaired) electrons. The van der Waals surface area contributed by atoms with Crippen molar-refractivity contribution < 1.29 is 4.42 Å². The maximum Gasteiger partial charge on any atom is 0.183 e. The molecule has 5 heteroatoms. The smallest absolute Gasteiger partial charge is 0.183 e. The molecule has 19 heavy (non-hydrogen) atoms. The number of nitrogens with zero attached hydrogens (tertiary/aromatic N) is 1. The Morgan fingerprint density at radius 3 is 2.74 bits per heavy atom. The molecule has 1 atom stereocenters. The van der Waals surface area contributed by atoms with Crippen molar-refractivity contribution in [2.45, 2.75) is 51.7 Å². The summed E-state index contributed by atoms with van der Waals surface area (Å²) < 4.78 is 7.46. The first kappa shape index (κ1) is 15.5. The lowest BCUT2D eigenvalue weighted by molar-refractivity contribution is 0.165. The molecule has 1 aliphatic rings. The SMILES string of the molecule is CC(C)N(Cc1cc(Br)c(Br)o1)CC1CCCCN1. The minimum absolute atomic E-state index is 0.520. The van der Waals surface area contributed by atoms with Gasteiger partial charge in [-0.15, -0.1) is 0 Å². The Labute approximate surface area is 132 Å². The molecular formula is C14H22Br2N2O. The summed E-state index contributed by atoms with van der Waals surface area (Å²) in [5.41, 5.74) is 0. The van der Waals surface area contributed by atoms with Crippen molar-refractivity contribution in [3.05, 3.63) is 21.0 Å². The van der Waals surface area contributed by atoms with Crippen LogP contribution >= 0.6 is 31.9 Å². The topological polar surface area (TPSA) is 28.4 Å². The minimum Gasteiger partial charge on any atom is -0.452 e. The average molecular weight is 394 g/mol. The molecule has 0 aliphatic carbocycles. The van der Waals surface area contributed by atoms with Gasteiger partial charge in [-0.3, -0.25) is 4.90 Å². The highest BCUT2D eigenvalue weighted by Gasteiger charge is 2.20. The second-order valence-corrected chi connectivity index (χ2v) is 7.08. The first-order chi connectivity index (χ1) is 9.06. The number of furan rings is 1. The maximum absolute atomic E-state index is 5.69. The minimum atomic E-state index is 0.520. The third kappa shape index (κ3) is 4.59. The Morgan fingerprint density at radius 1 is 1.42 bits per heavy atom. The van der Waals surface area contributed by atoms with Crippen molar-refractivity contribution >= 4 is 31.9 Å². The first-order valence-electron chi connectivity index (χ1n) is 6.97. The Balaban J connectivity index is 1.95. The van der Waals surface area contributed by atoms with E-state index in [4.69, 9.17) is 4.42 Å². The van der Waals surface area contributed by atoms with Gasteiger partial charge in [-0.1, -0.05) is 6.42 Å². The molecule has 108 valence electrons. The van der Waals surface area contributed by atoms with Crippen LogP contribution in [0.5, 0.6) is 0 Å². The van der Waals surface area contributed by atoms with Crippen LogP contribution in [0.1, 0.15) is 38.9 Å². The molecule has 2 heterocycles. The van der Waals surface area contributed by atoms with E-state index in [0.717, 1.165) is 34.5 Å². The van der Waals surface area contributed by atoms with Crippen LogP contribution in [0.4, 0.5) is 0 Å². The number of hydrogen-bond acceptors (Lipinski definition) is 3. The highest BCUT2D eigenvalue weighted by atomic mass is 79.9. The molecule has 0 saturated carbocycles. The monoisotopic (exact) mass is 392 g/mol. The second-order valence-electron chi connectivity index (χ2n) is 5.50. The Kier molecular flexibility index (Phi) is 5.93. The van der Waals surface area contributed by atoms with E-state index in [1.165, 1.54) is 19.3 Å². The number of nitrogens with one attached hydrogen (secondary N) is 1. The highest BCUT2D eigenvalue weighted by Crippen LogP contribution is 2.27. The third-order valence-electron chi connectivity index (χ3n) is 3.65. The van der Waals surface area contributed by atoms with E-state index in [1.807, 2.05) is 6.07 Å². The summed E-state index contributed by atoms with van der Waals surface area (Å²) in [6.07, 6.45) is 3.95. The average Bonchev–Trinajstić information content (AvgIpc) is 2.69. The van der Waals surface area contributed by atoms with Crippen LogP contribution in [0.15, 0.2) is 19.6 Å². The van der Waals surface area contributed by atoms with Crippen molar-refractivity contribution in [3.63, 3.8) is 0 Å². The molecule has 3 nitrogen and oxygen atoms in total. The summed E-state index contributed by atoms with van der Waals surface area (Å²) in [6.45, 7) is 7.60. The van der Waals surface area contributed by atoms with Gasteiger partial charge in [0.1, 0.15) is 5.76 Å². The van der Waals surface area contributed by atoms with Crippen molar-refractivity contribution in [1.29, 1.82) is 0 Å². The summed E-state index contributed by atoms with van der Waals surface area (Å²) in [5.74, 6) is 1.00. The van der Waals surface area contributed by atoms with Gasteiger partial charge in [0.25, 0.3) is 0 Å². The molecule has 0 spiro atoms. The van der Waals surface area contributed by atoms with E-state index >= 15 is 0 Å². The largest absolute Gasteiger partial charge is 0.452 e. The molecule has 1 aromatic rings. The van der Waals surface area contributed by atoms with Crippen LogP contribution < -0.4 is 5.32 Å². The Bertz CT molecular complexity index is 381. The molecule has 1 aromatic heterocycles.